The second kappa shape index (κ2) is 9.27. The van der Waals surface area contributed by atoms with E-state index in [1.807, 2.05) is 4.90 Å². The summed E-state index contributed by atoms with van der Waals surface area (Å²) >= 11 is 6.73. The lowest BCUT2D eigenvalue weighted by Crippen LogP contribution is -2.36. The van der Waals surface area contributed by atoms with Crippen LogP contribution in [0, 0.1) is 15.9 Å². The predicted molar refractivity (Wildman–Crippen MR) is 119 cm³/mol. The van der Waals surface area contributed by atoms with Crippen LogP contribution in [-0.2, 0) is 16.1 Å². The third-order valence-electron chi connectivity index (χ3n) is 5.11. The van der Waals surface area contributed by atoms with Crippen LogP contribution < -0.4 is 4.90 Å². The Morgan fingerprint density at radius 1 is 1.22 bits per heavy atom. The number of benzene rings is 2. The summed E-state index contributed by atoms with van der Waals surface area (Å²) in [6, 6.07) is 8.50. The van der Waals surface area contributed by atoms with E-state index in [0.717, 1.165) is 4.90 Å². The van der Waals surface area contributed by atoms with Gasteiger partial charge in [-0.2, -0.15) is 0 Å². The van der Waals surface area contributed by atoms with Gasteiger partial charge < -0.3 is 9.64 Å². The Kier molecular flexibility index (Phi) is 6.45. The molecule has 0 saturated carbocycles. The molecule has 0 N–H and O–H groups in total. The van der Waals surface area contributed by atoms with Crippen LogP contribution >= 0.6 is 23.4 Å². The number of nitro groups is 1. The summed E-state index contributed by atoms with van der Waals surface area (Å²) in [5, 5.41) is 10.8. The summed E-state index contributed by atoms with van der Waals surface area (Å²) in [6.45, 7) is 1.89. The number of halogens is 2. The van der Waals surface area contributed by atoms with Gasteiger partial charge in [0.15, 0.2) is 0 Å². The van der Waals surface area contributed by atoms with E-state index in [1.54, 1.807) is 6.07 Å². The molecule has 0 unspecified atom stereocenters. The third-order valence-corrected chi connectivity index (χ3v) is 6.37. The number of carbonyl (C=O) groups is 2. The molecule has 2 aromatic rings. The van der Waals surface area contributed by atoms with Crippen molar-refractivity contribution in [3.8, 4) is 0 Å². The van der Waals surface area contributed by atoms with Crippen molar-refractivity contribution in [1.82, 2.24) is 4.90 Å². The number of amides is 2. The Morgan fingerprint density at radius 3 is 2.66 bits per heavy atom. The molecule has 2 fully saturated rings. The van der Waals surface area contributed by atoms with Gasteiger partial charge in [-0.1, -0.05) is 17.7 Å². The van der Waals surface area contributed by atoms with Gasteiger partial charge in [0.05, 0.1) is 29.6 Å². The molecule has 0 bridgehead atoms. The van der Waals surface area contributed by atoms with Crippen LogP contribution in [0.3, 0.4) is 0 Å². The molecule has 2 aliphatic heterocycles. The van der Waals surface area contributed by atoms with Gasteiger partial charge in [-0.25, -0.2) is 4.39 Å². The zero-order valence-corrected chi connectivity index (χ0v) is 18.2. The molecule has 0 radical (unpaired) electrons. The zero-order valence-electron chi connectivity index (χ0n) is 16.6. The van der Waals surface area contributed by atoms with Crippen molar-refractivity contribution < 1.29 is 23.6 Å². The SMILES string of the molecule is O=C1S/C(=C\c2cc([N+](=O)[O-])ccc2N2CCOCC2)C(=O)N1Cc1c(F)cccc1Cl. The maximum atomic E-state index is 14.1. The molecule has 2 saturated heterocycles. The van der Waals surface area contributed by atoms with E-state index in [2.05, 4.69) is 0 Å². The van der Waals surface area contributed by atoms with Gasteiger partial charge in [0.2, 0.25) is 0 Å². The number of non-ortho nitro benzene ring substituents is 1. The molecular weight excluding hydrogens is 461 g/mol. The number of ether oxygens (including phenoxy) is 1. The summed E-state index contributed by atoms with van der Waals surface area (Å²) in [5.41, 5.74) is 1.05. The first-order valence-electron chi connectivity index (χ1n) is 9.64. The van der Waals surface area contributed by atoms with Crippen LogP contribution in [0.2, 0.25) is 5.02 Å². The maximum absolute atomic E-state index is 14.1. The molecule has 0 spiro atoms. The van der Waals surface area contributed by atoms with Gasteiger partial charge in [0.25, 0.3) is 16.8 Å². The van der Waals surface area contributed by atoms with Crippen molar-refractivity contribution >= 4 is 52.0 Å². The van der Waals surface area contributed by atoms with Crippen LogP contribution in [0.4, 0.5) is 20.6 Å². The molecule has 0 aliphatic carbocycles. The second-order valence-corrected chi connectivity index (χ2v) is 8.47. The highest BCUT2D eigenvalue weighted by atomic mass is 35.5. The van der Waals surface area contributed by atoms with Crippen molar-refractivity contribution in [3.05, 3.63) is 73.4 Å². The molecule has 2 aliphatic rings. The first kappa shape index (κ1) is 22.3. The number of hydrogen-bond acceptors (Lipinski definition) is 7. The number of nitro benzene ring substituents is 1. The Bertz CT molecular complexity index is 1120. The van der Waals surface area contributed by atoms with E-state index < -0.39 is 21.9 Å². The molecular formula is C21H17ClFN3O5S. The van der Waals surface area contributed by atoms with Crippen LogP contribution in [-0.4, -0.2) is 47.3 Å². The predicted octanol–water partition coefficient (Wildman–Crippen LogP) is 4.46. The van der Waals surface area contributed by atoms with Gasteiger partial charge in [0.1, 0.15) is 5.82 Å². The van der Waals surface area contributed by atoms with E-state index in [4.69, 9.17) is 16.3 Å². The van der Waals surface area contributed by atoms with E-state index in [0.29, 0.717) is 49.3 Å². The van der Waals surface area contributed by atoms with Crippen LogP contribution in [0.1, 0.15) is 11.1 Å². The minimum Gasteiger partial charge on any atom is -0.378 e. The Hall–Kier alpha value is -2.95. The third kappa shape index (κ3) is 4.47. The average molecular weight is 478 g/mol. The van der Waals surface area contributed by atoms with E-state index >= 15 is 0 Å². The van der Waals surface area contributed by atoms with E-state index in [1.165, 1.54) is 36.4 Å². The summed E-state index contributed by atoms with van der Waals surface area (Å²) < 4.78 is 19.5. The summed E-state index contributed by atoms with van der Waals surface area (Å²) in [4.78, 5) is 39.2. The van der Waals surface area contributed by atoms with Crippen LogP contribution in [0.5, 0.6) is 0 Å². The van der Waals surface area contributed by atoms with Crippen molar-refractivity contribution in [2.45, 2.75) is 6.54 Å². The lowest BCUT2D eigenvalue weighted by atomic mass is 10.1. The second-order valence-electron chi connectivity index (χ2n) is 7.07. The Morgan fingerprint density at radius 2 is 1.97 bits per heavy atom. The molecule has 2 amide bonds. The van der Waals surface area contributed by atoms with Gasteiger partial charge >= 0.3 is 0 Å². The highest BCUT2D eigenvalue weighted by molar-refractivity contribution is 8.18. The largest absolute Gasteiger partial charge is 0.378 e. The number of nitrogens with zero attached hydrogens (tertiary/aromatic N) is 3. The number of hydrogen-bond donors (Lipinski definition) is 0. The quantitative estimate of drug-likeness (QED) is 0.356. The number of carbonyl (C=O) groups excluding carboxylic acids is 2. The highest BCUT2D eigenvalue weighted by Crippen LogP contribution is 2.37. The van der Waals surface area contributed by atoms with Crippen LogP contribution in [0.15, 0.2) is 41.3 Å². The molecule has 2 aromatic carbocycles. The smallest absolute Gasteiger partial charge is 0.293 e. The van der Waals surface area contributed by atoms with Gasteiger partial charge in [0, 0.05) is 47.1 Å². The molecule has 4 rings (SSSR count). The van der Waals surface area contributed by atoms with Gasteiger partial charge in [-0.3, -0.25) is 24.6 Å². The molecule has 2 heterocycles. The standard InChI is InChI=1S/C21H17ClFN3O5S/c22-16-2-1-3-17(23)15(16)12-25-20(27)19(32-21(25)28)11-13-10-14(26(29)30)4-5-18(13)24-6-8-31-9-7-24/h1-5,10-11H,6-9,12H2/b19-11-. The van der Waals surface area contributed by atoms with Crippen molar-refractivity contribution in [2.75, 3.05) is 31.2 Å². The highest BCUT2D eigenvalue weighted by Gasteiger charge is 2.36. The summed E-state index contributed by atoms with van der Waals surface area (Å²) in [6.07, 6.45) is 1.46. The van der Waals surface area contributed by atoms with Gasteiger partial charge in [-0.05, 0) is 36.0 Å². The topological polar surface area (TPSA) is 93.0 Å². The van der Waals surface area contributed by atoms with E-state index in [9.17, 15) is 24.1 Å². The first-order valence-corrected chi connectivity index (χ1v) is 10.8. The fourth-order valence-electron chi connectivity index (χ4n) is 3.48. The first-order chi connectivity index (χ1) is 15.3. The zero-order chi connectivity index (χ0) is 22.8. The summed E-state index contributed by atoms with van der Waals surface area (Å²) in [5.74, 6) is -1.23. The molecule has 0 aromatic heterocycles. The minimum atomic E-state index is -0.617. The fourth-order valence-corrected chi connectivity index (χ4v) is 4.53. The van der Waals surface area contributed by atoms with Gasteiger partial charge in [-0.15, -0.1) is 0 Å². The van der Waals surface area contributed by atoms with Crippen molar-refractivity contribution in [2.24, 2.45) is 0 Å². The summed E-state index contributed by atoms with van der Waals surface area (Å²) in [7, 11) is 0. The molecule has 166 valence electrons. The Labute approximate surface area is 191 Å². The van der Waals surface area contributed by atoms with E-state index in [-0.39, 0.29) is 27.7 Å². The van der Waals surface area contributed by atoms with Crippen molar-refractivity contribution in [3.63, 3.8) is 0 Å². The lowest BCUT2D eigenvalue weighted by Gasteiger charge is -2.30. The monoisotopic (exact) mass is 477 g/mol. The molecule has 0 atom stereocenters. The van der Waals surface area contributed by atoms with Crippen LogP contribution in [0.25, 0.3) is 6.08 Å². The molecule has 11 heteroatoms. The molecule has 8 nitrogen and oxygen atoms in total. The number of anilines is 1. The fraction of sp³-hybridized carbons (Fsp3) is 0.238. The number of imide groups is 1. The normalized spacial score (nSPS) is 18.0. The maximum Gasteiger partial charge on any atom is 0.293 e. The Balaban J connectivity index is 1.67. The van der Waals surface area contributed by atoms with Crippen molar-refractivity contribution in [1.29, 1.82) is 0 Å². The number of thioether (sulfide) groups is 1. The number of rotatable bonds is 5. The number of morpholine rings is 1. The molecule has 32 heavy (non-hydrogen) atoms. The minimum absolute atomic E-state index is 0.0436. The lowest BCUT2D eigenvalue weighted by molar-refractivity contribution is -0.384. The average Bonchev–Trinajstić information content (AvgIpc) is 3.04.